The number of nitrogens with one attached hydrogen (secondary N) is 2. The van der Waals surface area contributed by atoms with E-state index in [1.165, 1.54) is 7.11 Å². The lowest BCUT2D eigenvalue weighted by Gasteiger charge is -2.67. The van der Waals surface area contributed by atoms with Crippen LogP contribution in [0.3, 0.4) is 0 Å². The fourth-order valence-electron chi connectivity index (χ4n) is 5.80. The molecule has 2 aromatic rings. The monoisotopic (exact) mass is 480 g/mol. The first-order valence-corrected chi connectivity index (χ1v) is 12.3. The van der Waals surface area contributed by atoms with E-state index in [1.807, 2.05) is 49.4 Å². The summed E-state index contributed by atoms with van der Waals surface area (Å²) in [6.07, 6.45) is 1.93. The van der Waals surface area contributed by atoms with Crippen molar-refractivity contribution in [3.05, 3.63) is 65.7 Å². The van der Waals surface area contributed by atoms with Gasteiger partial charge in [0.2, 0.25) is 5.91 Å². The summed E-state index contributed by atoms with van der Waals surface area (Å²) in [6, 6.07) is 16.6. The summed E-state index contributed by atoms with van der Waals surface area (Å²) in [5, 5.41) is 6.84. The quantitative estimate of drug-likeness (QED) is 0.418. The fraction of sp³-hybridized carbons (Fsp3) is 0.500. The van der Waals surface area contributed by atoms with Crippen molar-refractivity contribution in [1.29, 1.82) is 0 Å². The highest BCUT2D eigenvalue weighted by molar-refractivity contribution is 5.90. The topological polar surface area (TPSA) is 85.9 Å². The zero-order chi connectivity index (χ0) is 25.1. The molecule has 188 valence electrons. The number of amides is 1. The van der Waals surface area contributed by atoms with Gasteiger partial charge in [0.05, 0.1) is 24.8 Å². The summed E-state index contributed by atoms with van der Waals surface area (Å²) in [4.78, 5) is 25.7. The highest BCUT2D eigenvalue weighted by Gasteiger charge is 2.71. The lowest BCUT2D eigenvalue weighted by atomic mass is 9.45. The van der Waals surface area contributed by atoms with E-state index < -0.39 is 5.54 Å². The third kappa shape index (κ3) is 4.67. The lowest BCUT2D eigenvalue weighted by molar-refractivity contribution is -0.235. The highest BCUT2D eigenvalue weighted by atomic mass is 16.5. The van der Waals surface area contributed by atoms with Gasteiger partial charge >= 0.3 is 5.97 Å². The molecule has 1 heterocycles. The Bertz CT molecular complexity index is 1020. The van der Waals surface area contributed by atoms with Crippen LogP contribution in [-0.2, 0) is 14.3 Å². The van der Waals surface area contributed by atoms with Gasteiger partial charge in [0.1, 0.15) is 17.9 Å². The molecule has 0 spiro atoms. The molecule has 0 radical (unpaired) electrons. The van der Waals surface area contributed by atoms with Crippen LogP contribution in [0.2, 0.25) is 0 Å². The van der Waals surface area contributed by atoms with Crippen LogP contribution < -0.4 is 15.4 Å². The number of benzene rings is 2. The van der Waals surface area contributed by atoms with Crippen LogP contribution in [-0.4, -0.2) is 50.4 Å². The number of esters is 1. The number of hydrogen-bond acceptors (Lipinski definition) is 6. The molecule has 4 atom stereocenters. The second-order valence-electron chi connectivity index (χ2n) is 9.97. The van der Waals surface area contributed by atoms with E-state index in [9.17, 15) is 9.59 Å². The Hall–Kier alpha value is -2.90. The van der Waals surface area contributed by atoms with Crippen LogP contribution >= 0.6 is 0 Å². The summed E-state index contributed by atoms with van der Waals surface area (Å²) in [5.74, 6) is 0.493. The van der Waals surface area contributed by atoms with Gasteiger partial charge in [-0.2, -0.15) is 0 Å². The smallest absolute Gasteiger partial charge is 0.337 e. The molecule has 1 amide bonds. The van der Waals surface area contributed by atoms with Crippen molar-refractivity contribution < 1.29 is 23.8 Å². The molecular formula is C28H36N2O5. The zero-order valence-corrected chi connectivity index (χ0v) is 21.0. The first kappa shape index (κ1) is 25.2. The third-order valence-corrected chi connectivity index (χ3v) is 7.66. The van der Waals surface area contributed by atoms with Gasteiger partial charge in [-0.25, -0.2) is 4.79 Å². The van der Waals surface area contributed by atoms with Crippen molar-refractivity contribution in [3.8, 4) is 5.75 Å². The van der Waals surface area contributed by atoms with Crippen LogP contribution in [0.5, 0.6) is 5.75 Å². The largest absolute Gasteiger partial charge is 0.492 e. The molecule has 2 aromatic carbocycles. The summed E-state index contributed by atoms with van der Waals surface area (Å²) in [5.41, 5.74) is 0.248. The Morgan fingerprint density at radius 1 is 1.11 bits per heavy atom. The first-order chi connectivity index (χ1) is 16.8. The van der Waals surface area contributed by atoms with Gasteiger partial charge in [-0.1, -0.05) is 44.2 Å². The molecule has 1 aliphatic carbocycles. The van der Waals surface area contributed by atoms with Crippen LogP contribution in [0.4, 0.5) is 0 Å². The van der Waals surface area contributed by atoms with Gasteiger partial charge in [-0.15, -0.1) is 0 Å². The Morgan fingerprint density at radius 3 is 2.51 bits per heavy atom. The summed E-state index contributed by atoms with van der Waals surface area (Å²) < 4.78 is 16.8. The number of methoxy groups -OCH3 is 1. The standard InChI is InChI=1S/C28H36N2O5/c1-19(20-12-14-21(15-13-20)25(31)33-4)30-26(32)28(23-11-8-17-35-24(23)27(28,2)3)29-16-18-34-22-9-6-5-7-10-22/h5-7,9-10,12-15,19,23-24,29H,8,11,16-18H2,1-4H3,(H,30,32). The molecule has 1 saturated heterocycles. The molecule has 7 heteroatoms. The minimum Gasteiger partial charge on any atom is -0.492 e. The first-order valence-electron chi connectivity index (χ1n) is 12.3. The Balaban J connectivity index is 1.48. The minimum absolute atomic E-state index is 0.0292. The number of carbonyl (C=O) groups is 2. The summed E-state index contributed by atoms with van der Waals surface area (Å²) >= 11 is 0. The second kappa shape index (κ2) is 10.4. The third-order valence-electron chi connectivity index (χ3n) is 7.66. The number of para-hydroxylation sites is 1. The van der Waals surface area contributed by atoms with E-state index in [-0.39, 0.29) is 35.4 Å². The van der Waals surface area contributed by atoms with Crippen LogP contribution in [0.25, 0.3) is 0 Å². The molecule has 2 aliphatic rings. The van der Waals surface area contributed by atoms with Gasteiger partial charge in [0.25, 0.3) is 0 Å². The van der Waals surface area contributed by atoms with Crippen LogP contribution in [0.15, 0.2) is 54.6 Å². The number of fused-ring (bicyclic) bond motifs is 1. The maximum absolute atomic E-state index is 13.9. The van der Waals surface area contributed by atoms with Gasteiger partial charge < -0.3 is 19.5 Å². The Kier molecular flexibility index (Phi) is 7.47. The van der Waals surface area contributed by atoms with E-state index in [1.54, 1.807) is 12.1 Å². The van der Waals surface area contributed by atoms with Crippen molar-refractivity contribution in [2.24, 2.45) is 11.3 Å². The Morgan fingerprint density at radius 2 is 1.83 bits per heavy atom. The maximum Gasteiger partial charge on any atom is 0.337 e. The van der Waals surface area contributed by atoms with Crippen molar-refractivity contribution in [2.45, 2.75) is 51.3 Å². The van der Waals surface area contributed by atoms with Crippen molar-refractivity contribution in [3.63, 3.8) is 0 Å². The SMILES string of the molecule is COC(=O)c1ccc(C(C)NC(=O)C2(NCCOc3ccccc3)C3CCCOC3C2(C)C)cc1. The van der Waals surface area contributed by atoms with E-state index >= 15 is 0 Å². The van der Waals surface area contributed by atoms with Crippen molar-refractivity contribution in [2.75, 3.05) is 26.9 Å². The van der Waals surface area contributed by atoms with Gasteiger partial charge in [-0.3, -0.25) is 10.1 Å². The number of hydrogen-bond donors (Lipinski definition) is 2. The van der Waals surface area contributed by atoms with E-state index in [0.29, 0.717) is 18.7 Å². The summed E-state index contributed by atoms with van der Waals surface area (Å²) in [7, 11) is 1.36. The lowest BCUT2D eigenvalue weighted by Crippen LogP contribution is -2.83. The van der Waals surface area contributed by atoms with Crippen molar-refractivity contribution >= 4 is 11.9 Å². The molecule has 2 fully saturated rings. The average molecular weight is 481 g/mol. The van der Waals surface area contributed by atoms with E-state index in [0.717, 1.165) is 30.8 Å². The molecule has 7 nitrogen and oxygen atoms in total. The predicted molar refractivity (Wildman–Crippen MR) is 133 cm³/mol. The predicted octanol–water partition coefficient (Wildman–Crippen LogP) is 3.89. The van der Waals surface area contributed by atoms with E-state index in [2.05, 4.69) is 24.5 Å². The molecule has 1 saturated carbocycles. The average Bonchev–Trinajstić information content (AvgIpc) is 2.88. The molecule has 1 aliphatic heterocycles. The number of rotatable bonds is 9. The van der Waals surface area contributed by atoms with Gasteiger partial charge in [0, 0.05) is 24.5 Å². The van der Waals surface area contributed by atoms with Gasteiger partial charge in [-0.05, 0) is 49.6 Å². The normalized spacial score (nSPS) is 25.5. The molecular weight excluding hydrogens is 444 g/mol. The molecule has 4 rings (SSSR count). The van der Waals surface area contributed by atoms with Crippen LogP contribution in [0, 0.1) is 11.3 Å². The van der Waals surface area contributed by atoms with Gasteiger partial charge in [0.15, 0.2) is 0 Å². The molecule has 4 unspecified atom stereocenters. The molecule has 0 aromatic heterocycles. The molecule has 2 N–H and O–H groups in total. The zero-order valence-electron chi connectivity index (χ0n) is 21.0. The number of carbonyl (C=O) groups excluding carboxylic acids is 2. The number of ether oxygens (including phenoxy) is 3. The summed E-state index contributed by atoms with van der Waals surface area (Å²) in [6.45, 7) is 7.91. The maximum atomic E-state index is 13.9. The minimum atomic E-state index is -0.766. The molecule has 35 heavy (non-hydrogen) atoms. The van der Waals surface area contributed by atoms with E-state index in [4.69, 9.17) is 14.2 Å². The fourth-order valence-corrected chi connectivity index (χ4v) is 5.80. The molecule has 0 bridgehead atoms. The van der Waals surface area contributed by atoms with Crippen molar-refractivity contribution in [1.82, 2.24) is 10.6 Å². The Labute approximate surface area is 207 Å². The highest BCUT2D eigenvalue weighted by Crippen LogP contribution is 2.59. The second-order valence-corrected chi connectivity index (χ2v) is 9.97. The van der Waals surface area contributed by atoms with Crippen LogP contribution in [0.1, 0.15) is 55.6 Å².